The molecule has 4 rings (SSSR count). The van der Waals surface area contributed by atoms with Gasteiger partial charge in [-0.15, -0.1) is 0 Å². The molecule has 0 fully saturated rings. The Morgan fingerprint density at radius 1 is 1.10 bits per heavy atom. The number of esters is 1. The number of alkyl halides is 3. The second kappa shape index (κ2) is 12.4. The van der Waals surface area contributed by atoms with Gasteiger partial charge in [0.2, 0.25) is 5.71 Å². The van der Waals surface area contributed by atoms with Gasteiger partial charge >= 0.3 is 18.2 Å². The fourth-order valence-corrected chi connectivity index (χ4v) is 4.53. The van der Waals surface area contributed by atoms with E-state index >= 15 is 0 Å². The number of carbonyl (C=O) groups excluding carboxylic acids is 3. The maximum Gasteiger partial charge on any atom is 0.416 e. The van der Waals surface area contributed by atoms with Gasteiger partial charge in [-0.2, -0.15) is 23.5 Å². The number of carbonyl (C=O) groups is 3. The van der Waals surface area contributed by atoms with Gasteiger partial charge < -0.3 is 20.1 Å². The highest BCUT2D eigenvalue weighted by Crippen LogP contribution is 2.39. The molecule has 3 aromatic rings. The molecule has 0 aliphatic carbocycles. The minimum absolute atomic E-state index is 0.0370. The summed E-state index contributed by atoms with van der Waals surface area (Å²) in [7, 11) is 0. The first-order chi connectivity index (χ1) is 19.8. The first kappa shape index (κ1) is 30.2. The molecule has 0 spiro atoms. The number of ether oxygens (including phenoxy) is 2. The number of hydrazone groups is 1. The number of hydrogen-bond donors (Lipinski definition) is 2. The first-order valence-corrected chi connectivity index (χ1v) is 12.6. The van der Waals surface area contributed by atoms with Crippen LogP contribution in [0.2, 0.25) is 10.0 Å². The van der Waals surface area contributed by atoms with E-state index in [4.69, 9.17) is 38.9 Å². The number of nitrogens with two attached hydrogens (primary N) is 1. The lowest BCUT2D eigenvalue weighted by Crippen LogP contribution is -2.37. The van der Waals surface area contributed by atoms with Gasteiger partial charge in [0.1, 0.15) is 11.8 Å². The van der Waals surface area contributed by atoms with E-state index in [9.17, 15) is 27.6 Å². The van der Waals surface area contributed by atoms with E-state index in [1.54, 1.807) is 23.1 Å². The van der Waals surface area contributed by atoms with Crippen molar-refractivity contribution in [3.05, 3.63) is 86.9 Å². The topological polar surface area (TPSA) is 147 Å². The Hall–Kier alpha value is -4.80. The average molecular weight is 620 g/mol. The number of rotatable bonds is 7. The highest BCUT2D eigenvalue weighted by Gasteiger charge is 2.30. The zero-order valence-corrected chi connectivity index (χ0v) is 22.7. The third kappa shape index (κ3) is 7.09. The molecule has 0 bridgehead atoms. The zero-order chi connectivity index (χ0) is 30.6. The number of fused-ring (bicyclic) bond motifs is 1. The van der Waals surface area contributed by atoms with Gasteiger partial charge in [-0.1, -0.05) is 35.3 Å². The minimum atomic E-state index is -4.44. The fraction of sp³-hybridized carbons (Fsp3) is 0.148. The monoisotopic (exact) mass is 619 g/mol. The third-order valence-electron chi connectivity index (χ3n) is 5.91. The van der Waals surface area contributed by atoms with Gasteiger partial charge in [-0.05, 0) is 60.0 Å². The Morgan fingerprint density at radius 2 is 1.76 bits per heavy atom. The Kier molecular flexibility index (Phi) is 8.89. The molecule has 1 aliphatic heterocycles. The molecule has 1 heterocycles. The van der Waals surface area contributed by atoms with Gasteiger partial charge in [0.25, 0.3) is 5.91 Å². The SMILES string of the molecule is N#CC(=NNc1cc(Cl)c(Oc2ccc3c(c2)CCN(Cc2ccc(C(F)(F)F)cc2)C3=O)c(Cl)c1)C(=O)OC(N)=O. The predicted octanol–water partition coefficient (Wildman–Crippen LogP) is 5.92. The van der Waals surface area contributed by atoms with Crippen LogP contribution in [0.15, 0.2) is 59.7 Å². The Bertz CT molecular complexity index is 1620. The summed E-state index contributed by atoms with van der Waals surface area (Å²) < 4.78 is 48.5. The number of halogens is 5. The number of amides is 2. The number of nitriles is 1. The second-order valence-electron chi connectivity index (χ2n) is 8.75. The molecule has 1 aliphatic rings. The molecular formula is C27H18Cl2F3N5O5. The van der Waals surface area contributed by atoms with Crippen LogP contribution in [0.3, 0.4) is 0 Å². The van der Waals surface area contributed by atoms with Crippen molar-refractivity contribution < 1.29 is 37.0 Å². The minimum Gasteiger partial charge on any atom is -0.454 e. The van der Waals surface area contributed by atoms with Crippen LogP contribution in [0.4, 0.5) is 23.7 Å². The lowest BCUT2D eigenvalue weighted by Gasteiger charge is -2.29. The van der Waals surface area contributed by atoms with Crippen LogP contribution in [0, 0.1) is 11.3 Å². The van der Waals surface area contributed by atoms with Crippen LogP contribution in [0.5, 0.6) is 11.5 Å². The largest absolute Gasteiger partial charge is 0.454 e. The van der Waals surface area contributed by atoms with Crippen molar-refractivity contribution >= 4 is 52.6 Å². The van der Waals surface area contributed by atoms with Gasteiger partial charge in [0, 0.05) is 18.7 Å². The van der Waals surface area contributed by atoms with Crippen molar-refractivity contribution in [1.29, 1.82) is 5.26 Å². The van der Waals surface area contributed by atoms with E-state index in [1.807, 2.05) is 0 Å². The smallest absolute Gasteiger partial charge is 0.416 e. The van der Waals surface area contributed by atoms with Crippen molar-refractivity contribution in [2.24, 2.45) is 10.8 Å². The number of anilines is 1. The van der Waals surface area contributed by atoms with Crippen LogP contribution in [0.1, 0.15) is 27.0 Å². The van der Waals surface area contributed by atoms with Crippen molar-refractivity contribution in [1.82, 2.24) is 4.90 Å². The maximum absolute atomic E-state index is 13.1. The number of primary amides is 1. The summed E-state index contributed by atoms with van der Waals surface area (Å²) in [6, 6.07) is 13.6. The highest BCUT2D eigenvalue weighted by atomic mass is 35.5. The molecule has 0 aromatic heterocycles. The van der Waals surface area contributed by atoms with E-state index < -0.39 is 29.5 Å². The molecule has 3 aromatic carbocycles. The van der Waals surface area contributed by atoms with E-state index in [2.05, 4.69) is 15.3 Å². The lowest BCUT2D eigenvalue weighted by molar-refractivity contribution is -0.137. The molecule has 10 nitrogen and oxygen atoms in total. The number of benzene rings is 3. The standard InChI is InChI=1S/C27H18Cl2F3N5O5/c28-20-10-17(35-36-22(12-33)25(39)42-26(34)40)11-21(29)23(20)41-18-5-6-19-15(9-18)7-8-37(24(19)38)13-14-1-3-16(4-2-14)27(30,31)32/h1-6,9-11,35H,7-8,13H2,(H2,34,40). The normalized spacial score (nSPS) is 13.2. The Labute approximate surface area is 246 Å². The van der Waals surface area contributed by atoms with E-state index in [0.29, 0.717) is 35.4 Å². The van der Waals surface area contributed by atoms with Gasteiger partial charge in [-0.25, -0.2) is 9.59 Å². The van der Waals surface area contributed by atoms with E-state index in [0.717, 1.165) is 12.1 Å². The van der Waals surface area contributed by atoms with Crippen molar-refractivity contribution in [3.8, 4) is 17.6 Å². The molecule has 3 N–H and O–H groups in total. The van der Waals surface area contributed by atoms with Crippen molar-refractivity contribution in [2.75, 3.05) is 12.0 Å². The average Bonchev–Trinajstić information content (AvgIpc) is 2.92. The van der Waals surface area contributed by atoms with Gasteiger partial charge in [0.05, 0.1) is 21.3 Å². The molecule has 0 saturated carbocycles. The molecule has 0 unspecified atom stereocenters. The molecule has 2 amide bonds. The van der Waals surface area contributed by atoms with Crippen LogP contribution in [-0.4, -0.2) is 35.1 Å². The zero-order valence-electron chi connectivity index (χ0n) is 21.2. The predicted molar refractivity (Wildman–Crippen MR) is 145 cm³/mol. The summed E-state index contributed by atoms with van der Waals surface area (Å²) in [5, 5.41) is 12.6. The fourth-order valence-electron chi connectivity index (χ4n) is 3.96. The van der Waals surface area contributed by atoms with Gasteiger partial charge in [-0.3, -0.25) is 10.2 Å². The number of nitrogens with zero attached hydrogens (tertiary/aromatic N) is 3. The van der Waals surface area contributed by atoms with Gasteiger partial charge in [0.15, 0.2) is 5.75 Å². The molecular weight excluding hydrogens is 602 g/mol. The van der Waals surface area contributed by atoms with Crippen LogP contribution < -0.4 is 15.9 Å². The summed E-state index contributed by atoms with van der Waals surface area (Å²) in [4.78, 5) is 36.9. The molecule has 0 radical (unpaired) electrons. The molecule has 0 saturated heterocycles. The quantitative estimate of drug-likeness (QED) is 0.144. The maximum atomic E-state index is 13.1. The van der Waals surface area contributed by atoms with E-state index in [1.165, 1.54) is 30.3 Å². The van der Waals surface area contributed by atoms with Crippen LogP contribution in [-0.2, 0) is 28.7 Å². The molecule has 216 valence electrons. The lowest BCUT2D eigenvalue weighted by atomic mass is 9.98. The summed E-state index contributed by atoms with van der Waals surface area (Å²) in [5.74, 6) is -1.22. The third-order valence-corrected chi connectivity index (χ3v) is 6.47. The molecule has 15 heteroatoms. The van der Waals surface area contributed by atoms with Crippen LogP contribution >= 0.6 is 23.2 Å². The molecule has 0 atom stereocenters. The molecule has 42 heavy (non-hydrogen) atoms. The van der Waals surface area contributed by atoms with Crippen LogP contribution in [0.25, 0.3) is 0 Å². The summed E-state index contributed by atoms with van der Waals surface area (Å²) >= 11 is 12.6. The Morgan fingerprint density at radius 3 is 2.36 bits per heavy atom. The Balaban J connectivity index is 1.45. The first-order valence-electron chi connectivity index (χ1n) is 11.9. The highest BCUT2D eigenvalue weighted by molar-refractivity contribution is 6.44. The van der Waals surface area contributed by atoms with Crippen molar-refractivity contribution in [3.63, 3.8) is 0 Å². The number of hydrogen-bond acceptors (Lipinski definition) is 8. The summed E-state index contributed by atoms with van der Waals surface area (Å²) in [5.41, 5.74) is 7.46. The summed E-state index contributed by atoms with van der Waals surface area (Å²) in [6.45, 7) is 0.503. The summed E-state index contributed by atoms with van der Waals surface area (Å²) in [6.07, 6.45) is -5.37. The van der Waals surface area contributed by atoms with Crippen molar-refractivity contribution in [2.45, 2.75) is 19.1 Å². The van der Waals surface area contributed by atoms with E-state index in [-0.39, 0.29) is 33.9 Å². The second-order valence-corrected chi connectivity index (χ2v) is 9.57. The number of nitrogens with one attached hydrogen (secondary N) is 1.